The molecule has 2 aliphatic carbocycles. The van der Waals surface area contributed by atoms with E-state index in [1.807, 2.05) is 6.07 Å². The zero-order chi connectivity index (χ0) is 59.6. The summed E-state index contributed by atoms with van der Waals surface area (Å²) in [6.45, 7) is 9.34. The van der Waals surface area contributed by atoms with Gasteiger partial charge >= 0.3 is 0 Å². The van der Waals surface area contributed by atoms with Gasteiger partial charge in [0.25, 0.3) is 0 Å². The van der Waals surface area contributed by atoms with Crippen molar-refractivity contribution in [3.8, 4) is 44.8 Å². The van der Waals surface area contributed by atoms with Gasteiger partial charge in [-0.25, -0.2) is 15.0 Å². The molecule has 0 unspecified atom stereocenters. The van der Waals surface area contributed by atoms with Crippen LogP contribution in [0.15, 0.2) is 211 Å². The lowest BCUT2D eigenvalue weighted by Gasteiger charge is -2.34. The van der Waals surface area contributed by atoms with E-state index in [1.54, 1.807) is 0 Å². The molecule has 0 saturated carbocycles. The molecular formula is C81H86BrN5. The first kappa shape index (κ1) is 59.7. The van der Waals surface area contributed by atoms with Crippen molar-refractivity contribution in [1.82, 2.24) is 15.0 Å². The summed E-state index contributed by atoms with van der Waals surface area (Å²) in [7, 11) is 0. The van der Waals surface area contributed by atoms with Gasteiger partial charge in [-0.1, -0.05) is 240 Å². The maximum absolute atomic E-state index is 5.70. The molecule has 0 saturated heterocycles. The maximum atomic E-state index is 5.70. The number of para-hydroxylation sites is 4. The number of aromatic nitrogens is 3. The van der Waals surface area contributed by atoms with Crippen molar-refractivity contribution in [2.24, 2.45) is 0 Å². The van der Waals surface area contributed by atoms with E-state index < -0.39 is 0 Å². The fourth-order valence-electron chi connectivity index (χ4n) is 14.8. The van der Waals surface area contributed by atoms with Crippen LogP contribution < -0.4 is 9.80 Å². The Hall–Kier alpha value is -7.67. The molecule has 0 spiro atoms. The fraction of sp³-hybridized carbons (Fsp3) is 0.321. The lowest BCUT2D eigenvalue weighted by molar-refractivity contribution is 0.401. The highest BCUT2D eigenvalue weighted by atomic mass is 79.9. The molecule has 10 aromatic rings. The number of benzene rings is 8. The average Bonchev–Trinajstić information content (AvgIpc) is 1.62. The Morgan fingerprint density at radius 1 is 0.310 bits per heavy atom. The second kappa shape index (κ2) is 27.6. The van der Waals surface area contributed by atoms with Crippen molar-refractivity contribution >= 4 is 61.2 Å². The van der Waals surface area contributed by atoms with Gasteiger partial charge in [0.05, 0.1) is 11.4 Å². The smallest absolute Gasteiger partial charge is 0.179 e. The quantitative estimate of drug-likeness (QED) is 0.0361. The minimum atomic E-state index is -0.201. The Kier molecular flexibility index (Phi) is 18.9. The molecule has 8 aromatic carbocycles. The van der Waals surface area contributed by atoms with E-state index >= 15 is 0 Å². The van der Waals surface area contributed by atoms with Crippen molar-refractivity contribution in [2.45, 2.75) is 167 Å². The van der Waals surface area contributed by atoms with Crippen LogP contribution in [0.1, 0.15) is 178 Å². The highest BCUT2D eigenvalue weighted by molar-refractivity contribution is 9.10. The van der Waals surface area contributed by atoms with E-state index in [0.29, 0.717) is 5.65 Å². The Morgan fingerprint density at radius 3 is 1.00 bits per heavy atom. The molecule has 0 fully saturated rings. The average molecular weight is 1210 g/mol. The van der Waals surface area contributed by atoms with Gasteiger partial charge < -0.3 is 9.80 Å². The van der Waals surface area contributed by atoms with Gasteiger partial charge in [0.2, 0.25) is 0 Å². The molecule has 2 aliphatic rings. The van der Waals surface area contributed by atoms with Gasteiger partial charge in [-0.2, -0.15) is 0 Å². The number of fused-ring (bicyclic) bond motifs is 7. The molecule has 5 nitrogen and oxygen atoms in total. The van der Waals surface area contributed by atoms with Gasteiger partial charge in [0, 0.05) is 56.1 Å². The van der Waals surface area contributed by atoms with Gasteiger partial charge in [0.15, 0.2) is 5.65 Å². The number of unbranched alkanes of at least 4 members (excludes halogenated alkanes) is 12. The first-order valence-corrected chi connectivity index (χ1v) is 33.9. The van der Waals surface area contributed by atoms with Crippen LogP contribution >= 0.6 is 15.9 Å². The number of pyridine rings is 1. The number of hydrogen-bond acceptors (Lipinski definition) is 5. The summed E-state index contributed by atoms with van der Waals surface area (Å²) in [4.78, 5) is 21.3. The van der Waals surface area contributed by atoms with Crippen molar-refractivity contribution in [3.05, 3.63) is 233 Å². The second-order valence-electron chi connectivity index (χ2n) is 24.8. The second-order valence-corrected chi connectivity index (χ2v) is 25.6. The Bertz CT molecular complexity index is 3810. The van der Waals surface area contributed by atoms with Crippen LogP contribution in [0, 0.1) is 0 Å². The molecule has 0 N–H and O–H groups in total. The third kappa shape index (κ3) is 12.2. The number of halogens is 1. The zero-order valence-electron chi connectivity index (χ0n) is 51.9. The fourth-order valence-corrected chi connectivity index (χ4v) is 15.1. The lowest BCUT2D eigenvalue weighted by Crippen LogP contribution is -2.26. The van der Waals surface area contributed by atoms with E-state index in [0.717, 1.165) is 81.1 Å². The van der Waals surface area contributed by atoms with Crippen molar-refractivity contribution in [2.75, 3.05) is 9.80 Å². The molecule has 0 atom stereocenters. The molecular weight excluding hydrogens is 1120 g/mol. The lowest BCUT2D eigenvalue weighted by atomic mass is 9.70. The molecule has 12 rings (SSSR count). The molecule has 87 heavy (non-hydrogen) atoms. The Labute approximate surface area is 527 Å². The van der Waals surface area contributed by atoms with Crippen LogP contribution in [0.2, 0.25) is 0 Å². The molecule has 6 heteroatoms. The number of rotatable bonds is 28. The summed E-state index contributed by atoms with van der Waals surface area (Å²) in [6.07, 6.45) is 23.7. The van der Waals surface area contributed by atoms with Crippen LogP contribution in [0.3, 0.4) is 0 Å². The predicted octanol–water partition coefficient (Wildman–Crippen LogP) is 24.5. The highest BCUT2D eigenvalue weighted by Crippen LogP contribution is 2.59. The summed E-state index contributed by atoms with van der Waals surface area (Å²) in [5.74, 6) is 0. The summed E-state index contributed by atoms with van der Waals surface area (Å²) >= 11 is 3.74. The van der Waals surface area contributed by atoms with Crippen LogP contribution in [0.4, 0.5) is 34.1 Å². The molecule has 442 valence electrons. The number of nitrogens with zero attached hydrogens (tertiary/aromatic N) is 5. The molecule has 0 amide bonds. The van der Waals surface area contributed by atoms with Crippen molar-refractivity contribution in [1.29, 1.82) is 0 Å². The first-order valence-electron chi connectivity index (χ1n) is 33.1. The van der Waals surface area contributed by atoms with E-state index in [1.165, 1.54) is 159 Å². The van der Waals surface area contributed by atoms with Gasteiger partial charge in [-0.05, 0) is 183 Å². The predicted molar refractivity (Wildman–Crippen MR) is 373 cm³/mol. The Balaban J connectivity index is 1.04. The minimum absolute atomic E-state index is 0.196. The third-order valence-corrected chi connectivity index (χ3v) is 19.6. The summed E-state index contributed by atoms with van der Waals surface area (Å²) in [5.41, 5.74) is 23.2. The number of hydrogen-bond donors (Lipinski definition) is 0. The third-order valence-electron chi connectivity index (χ3n) is 19.1. The maximum Gasteiger partial charge on any atom is 0.179 e. The topological polar surface area (TPSA) is 45.2 Å². The minimum Gasteiger partial charge on any atom is -0.310 e. The van der Waals surface area contributed by atoms with Gasteiger partial charge in [-0.3, -0.25) is 0 Å². The van der Waals surface area contributed by atoms with E-state index in [9.17, 15) is 0 Å². The molecule has 2 heterocycles. The van der Waals surface area contributed by atoms with E-state index in [2.05, 4.69) is 254 Å². The van der Waals surface area contributed by atoms with Crippen LogP contribution in [0.5, 0.6) is 0 Å². The van der Waals surface area contributed by atoms with Gasteiger partial charge in [-0.15, -0.1) is 0 Å². The van der Waals surface area contributed by atoms with Gasteiger partial charge in [0.1, 0.15) is 10.1 Å². The summed E-state index contributed by atoms with van der Waals surface area (Å²) < 4.78 is 0.755. The largest absolute Gasteiger partial charge is 0.310 e. The SMILES string of the molecule is CCCCCCC1(CCCCCC)c2cc(-c3nc4ccc(Br)nc4nc3-c3ccc4c(c3)C(CCCCCC)(CCCCCC)c3cc(N(c5ccccc5)c5ccccc5)ccc3-4)ccc2-c2ccc(N(c3ccccc3)c3ccccc3)cc21. The monoisotopic (exact) mass is 1210 g/mol. The Morgan fingerprint density at radius 2 is 0.644 bits per heavy atom. The van der Waals surface area contributed by atoms with Crippen molar-refractivity contribution < 1.29 is 0 Å². The normalized spacial score (nSPS) is 13.3. The molecule has 2 aromatic heterocycles. The molecule has 0 bridgehead atoms. The van der Waals surface area contributed by atoms with E-state index in [-0.39, 0.29) is 10.8 Å². The van der Waals surface area contributed by atoms with Crippen LogP contribution in [-0.4, -0.2) is 15.0 Å². The van der Waals surface area contributed by atoms with Crippen molar-refractivity contribution in [3.63, 3.8) is 0 Å². The zero-order valence-corrected chi connectivity index (χ0v) is 53.5. The first-order chi connectivity index (χ1) is 42.9. The molecule has 0 aliphatic heterocycles. The van der Waals surface area contributed by atoms with Crippen LogP contribution in [-0.2, 0) is 10.8 Å². The van der Waals surface area contributed by atoms with Crippen LogP contribution in [0.25, 0.3) is 55.9 Å². The summed E-state index contributed by atoms with van der Waals surface area (Å²) in [6, 6.07) is 77.2. The molecule has 0 radical (unpaired) electrons. The number of anilines is 6. The standard InChI is InChI=1S/C81H86BrN5/c1-5-9-13-29-51-80(52-30-14-10-6-2)71-55-59(41-45-67(71)69-47-43-65(57-73(69)80)86(61-33-21-17-22-34-61)62-35-23-18-24-36-62)77-78(85-79-75(83-77)49-50-76(82)84-79)60-42-46-68-70-48-44-66(87(63-37-25-19-26-38-63)64-39-27-20-28-40-64)58-74(70)81(72(68)56-60,53-31-15-11-7-3)54-32-16-12-8-4/h17-28,33-50,55-58H,5-16,29-32,51-54H2,1-4H3. The van der Waals surface area contributed by atoms with E-state index in [4.69, 9.17) is 15.0 Å². The highest BCUT2D eigenvalue weighted by Gasteiger charge is 2.45. The summed E-state index contributed by atoms with van der Waals surface area (Å²) in [5, 5.41) is 0.